The predicted octanol–water partition coefficient (Wildman–Crippen LogP) is -1.02. The van der Waals surface area contributed by atoms with Crippen LogP contribution in [0.3, 0.4) is 0 Å². The fraction of sp³-hybridized carbons (Fsp3) is 0.533. The smallest absolute Gasteiger partial charge is 0.208 e. The van der Waals surface area contributed by atoms with Gasteiger partial charge in [0.2, 0.25) is 12.8 Å². The number of anilines is 3. The molecule has 0 spiro atoms. The van der Waals surface area contributed by atoms with Gasteiger partial charge in [0.15, 0.2) is 5.82 Å². The van der Waals surface area contributed by atoms with Crippen LogP contribution in [-0.2, 0) is 9.59 Å². The first kappa shape index (κ1) is 16.3. The minimum Gasteiger partial charge on any atom is -0.396 e. The Labute approximate surface area is 139 Å². The first-order valence-corrected chi connectivity index (χ1v) is 8.03. The Bertz CT molecular complexity index is 613. The number of carbonyl (C=O) groups is 2. The van der Waals surface area contributed by atoms with Crippen LogP contribution in [0.1, 0.15) is 19.3 Å². The Balaban J connectivity index is 1.89. The van der Waals surface area contributed by atoms with Gasteiger partial charge >= 0.3 is 0 Å². The van der Waals surface area contributed by atoms with Crippen molar-refractivity contribution in [2.45, 2.75) is 37.7 Å². The number of aromatic nitrogens is 1. The number of aliphatic hydroxyl groups is 1. The first-order chi connectivity index (χ1) is 11.7. The largest absolute Gasteiger partial charge is 0.396 e. The summed E-state index contributed by atoms with van der Waals surface area (Å²) in [5.74, 6) is 1.24. The molecule has 2 aliphatic rings. The minimum absolute atomic E-state index is 0.124. The van der Waals surface area contributed by atoms with Crippen molar-refractivity contribution in [2.24, 2.45) is 0 Å². The number of rotatable bonds is 6. The van der Waals surface area contributed by atoms with Gasteiger partial charge < -0.3 is 31.3 Å². The second-order valence-corrected chi connectivity index (χ2v) is 6.00. The third-order valence-electron chi connectivity index (χ3n) is 4.57. The summed E-state index contributed by atoms with van der Waals surface area (Å²) in [6, 6.07) is 3.53. The molecule has 3 unspecified atom stereocenters. The number of aliphatic hydroxyl groups excluding tert-OH is 1. The van der Waals surface area contributed by atoms with E-state index in [0.29, 0.717) is 43.1 Å². The van der Waals surface area contributed by atoms with Crippen LogP contribution >= 0.6 is 0 Å². The number of nitrogen functional groups attached to an aromatic ring is 1. The SMILES string of the molecule is Nc1ccc(N2CCC(O)C2NC=O)nc1N1CCCC1NC=O. The highest BCUT2D eigenvalue weighted by Gasteiger charge is 2.34. The lowest BCUT2D eigenvalue weighted by Crippen LogP contribution is -2.47. The highest BCUT2D eigenvalue weighted by atomic mass is 16.3. The number of pyridine rings is 1. The molecule has 2 aliphatic heterocycles. The number of hydrogen-bond acceptors (Lipinski definition) is 7. The van der Waals surface area contributed by atoms with Crippen LogP contribution < -0.4 is 26.2 Å². The van der Waals surface area contributed by atoms with Gasteiger partial charge in [-0.05, 0) is 31.4 Å². The van der Waals surface area contributed by atoms with E-state index in [1.807, 2.05) is 9.80 Å². The highest BCUT2D eigenvalue weighted by Crippen LogP contribution is 2.31. The van der Waals surface area contributed by atoms with Crippen LogP contribution in [-0.4, -0.2) is 54.4 Å². The van der Waals surface area contributed by atoms with E-state index in [2.05, 4.69) is 15.6 Å². The summed E-state index contributed by atoms with van der Waals surface area (Å²) in [7, 11) is 0. The van der Waals surface area contributed by atoms with E-state index in [4.69, 9.17) is 5.73 Å². The van der Waals surface area contributed by atoms with Gasteiger partial charge in [-0.2, -0.15) is 0 Å². The molecule has 2 saturated heterocycles. The van der Waals surface area contributed by atoms with E-state index in [1.54, 1.807) is 12.1 Å². The van der Waals surface area contributed by atoms with Gasteiger partial charge in [0.1, 0.15) is 18.1 Å². The minimum atomic E-state index is -0.644. The number of nitrogens with zero attached hydrogens (tertiary/aromatic N) is 3. The van der Waals surface area contributed by atoms with Crippen LogP contribution in [0.25, 0.3) is 0 Å². The van der Waals surface area contributed by atoms with Crippen molar-refractivity contribution in [3.63, 3.8) is 0 Å². The molecular weight excluding hydrogens is 312 g/mol. The van der Waals surface area contributed by atoms with Crippen molar-refractivity contribution in [2.75, 3.05) is 28.6 Å². The number of nitrogens with one attached hydrogen (secondary N) is 2. The van der Waals surface area contributed by atoms with Gasteiger partial charge in [-0.1, -0.05) is 0 Å². The molecular formula is C15H22N6O3. The maximum absolute atomic E-state index is 10.8. The summed E-state index contributed by atoms with van der Waals surface area (Å²) in [6.07, 6.45) is 2.31. The van der Waals surface area contributed by atoms with E-state index in [9.17, 15) is 14.7 Å². The van der Waals surface area contributed by atoms with Crippen LogP contribution in [0.4, 0.5) is 17.3 Å². The average molecular weight is 334 g/mol. The standard InChI is InChI=1S/C15H22N6O3/c16-10-3-4-13(21-7-5-11(24)15(21)18-9-23)19-14(10)20-6-1-2-12(20)17-8-22/h3-4,8-9,11-12,15,24H,1-2,5-7,16H2,(H,17,22)(H,18,23). The molecule has 130 valence electrons. The number of nitrogens with two attached hydrogens (primary N) is 1. The van der Waals surface area contributed by atoms with Gasteiger partial charge in [0, 0.05) is 13.1 Å². The maximum Gasteiger partial charge on any atom is 0.208 e. The van der Waals surface area contributed by atoms with Gasteiger partial charge in [0.05, 0.1) is 11.8 Å². The topological polar surface area (TPSA) is 124 Å². The summed E-state index contributed by atoms with van der Waals surface area (Å²) in [5, 5.41) is 15.4. The summed E-state index contributed by atoms with van der Waals surface area (Å²) >= 11 is 0. The number of amides is 2. The van der Waals surface area contributed by atoms with Gasteiger partial charge in [-0.15, -0.1) is 0 Å². The summed E-state index contributed by atoms with van der Waals surface area (Å²) in [5.41, 5.74) is 6.61. The van der Waals surface area contributed by atoms with Crippen molar-refractivity contribution < 1.29 is 14.7 Å². The highest BCUT2D eigenvalue weighted by molar-refractivity contribution is 5.68. The predicted molar refractivity (Wildman–Crippen MR) is 89.2 cm³/mol. The van der Waals surface area contributed by atoms with Crippen molar-refractivity contribution >= 4 is 30.1 Å². The Kier molecular flexibility index (Phi) is 4.70. The molecule has 2 amide bonds. The molecule has 0 radical (unpaired) electrons. The summed E-state index contributed by atoms with van der Waals surface area (Å²) in [4.78, 5) is 30.0. The third kappa shape index (κ3) is 2.94. The number of carbonyl (C=O) groups excluding carboxylic acids is 2. The zero-order valence-corrected chi connectivity index (χ0v) is 13.3. The van der Waals surface area contributed by atoms with Crippen LogP contribution in [0.5, 0.6) is 0 Å². The van der Waals surface area contributed by atoms with Crippen molar-refractivity contribution in [1.29, 1.82) is 0 Å². The molecule has 3 heterocycles. The summed E-state index contributed by atoms with van der Waals surface area (Å²) in [6.45, 7) is 1.34. The zero-order valence-electron chi connectivity index (χ0n) is 13.3. The molecule has 0 bridgehead atoms. The maximum atomic E-state index is 10.8. The van der Waals surface area contributed by atoms with Crippen LogP contribution in [0.15, 0.2) is 12.1 Å². The molecule has 2 fully saturated rings. The second kappa shape index (κ2) is 6.91. The van der Waals surface area contributed by atoms with Gasteiger partial charge in [0.25, 0.3) is 0 Å². The second-order valence-electron chi connectivity index (χ2n) is 6.00. The Hall–Kier alpha value is -2.55. The lowest BCUT2D eigenvalue weighted by molar-refractivity contribution is -0.111. The number of hydrogen-bond donors (Lipinski definition) is 4. The molecule has 0 aromatic carbocycles. The van der Waals surface area contributed by atoms with Gasteiger partial charge in [-0.3, -0.25) is 9.59 Å². The van der Waals surface area contributed by atoms with Crippen LogP contribution in [0, 0.1) is 0 Å². The molecule has 3 rings (SSSR count). The Morgan fingerprint density at radius 2 is 1.96 bits per heavy atom. The fourth-order valence-corrected chi connectivity index (χ4v) is 3.42. The van der Waals surface area contributed by atoms with E-state index in [0.717, 1.165) is 19.4 Å². The lowest BCUT2D eigenvalue weighted by atomic mass is 10.3. The Morgan fingerprint density at radius 1 is 1.17 bits per heavy atom. The molecule has 0 saturated carbocycles. The molecule has 1 aromatic heterocycles. The molecule has 3 atom stereocenters. The quantitative estimate of drug-likeness (QED) is 0.491. The Morgan fingerprint density at radius 3 is 2.71 bits per heavy atom. The normalized spacial score (nSPS) is 26.5. The first-order valence-electron chi connectivity index (χ1n) is 8.03. The van der Waals surface area contributed by atoms with Crippen molar-refractivity contribution in [1.82, 2.24) is 15.6 Å². The average Bonchev–Trinajstić information content (AvgIpc) is 3.17. The van der Waals surface area contributed by atoms with Crippen molar-refractivity contribution in [3.05, 3.63) is 12.1 Å². The third-order valence-corrected chi connectivity index (χ3v) is 4.57. The van der Waals surface area contributed by atoms with Gasteiger partial charge in [-0.25, -0.2) is 4.98 Å². The van der Waals surface area contributed by atoms with Crippen molar-refractivity contribution in [3.8, 4) is 0 Å². The monoisotopic (exact) mass is 334 g/mol. The molecule has 1 aromatic rings. The molecule has 0 aliphatic carbocycles. The van der Waals surface area contributed by atoms with E-state index < -0.39 is 12.3 Å². The van der Waals surface area contributed by atoms with Crippen LogP contribution in [0.2, 0.25) is 0 Å². The van der Waals surface area contributed by atoms with E-state index >= 15 is 0 Å². The zero-order chi connectivity index (χ0) is 17.1. The molecule has 9 nitrogen and oxygen atoms in total. The molecule has 24 heavy (non-hydrogen) atoms. The lowest BCUT2D eigenvalue weighted by Gasteiger charge is -2.30. The summed E-state index contributed by atoms with van der Waals surface area (Å²) < 4.78 is 0. The molecule has 5 N–H and O–H groups in total. The van der Waals surface area contributed by atoms with E-state index in [1.165, 1.54) is 0 Å². The van der Waals surface area contributed by atoms with E-state index in [-0.39, 0.29) is 6.17 Å². The molecule has 9 heteroatoms. The fourth-order valence-electron chi connectivity index (χ4n) is 3.42.